The molecule has 1 N–H and O–H groups in total. The third kappa shape index (κ3) is 5.41. The number of thiocarbonyl (C=S) groups is 1. The molecule has 0 spiro atoms. The van der Waals surface area contributed by atoms with Gasteiger partial charge in [0, 0.05) is 21.1 Å². The number of nitriles is 1. The zero-order valence-electron chi connectivity index (χ0n) is 15.6. The monoisotopic (exact) mass is 506 g/mol. The molecule has 0 aliphatic rings. The number of halogens is 2. The van der Waals surface area contributed by atoms with Crippen LogP contribution >= 0.6 is 44.1 Å². The highest BCUT2D eigenvalue weighted by Crippen LogP contribution is 2.28. The minimum Gasteiger partial charge on any atom is -0.496 e. The molecule has 0 saturated carbocycles. The maximum absolute atomic E-state index is 9.53. The van der Waals surface area contributed by atoms with Gasteiger partial charge in [-0.25, -0.2) is 0 Å². The van der Waals surface area contributed by atoms with E-state index in [1.807, 2.05) is 38.1 Å². The van der Waals surface area contributed by atoms with Gasteiger partial charge in [-0.05, 0) is 67.3 Å². The number of methoxy groups -OCH3 is 1. The molecule has 0 fully saturated rings. The van der Waals surface area contributed by atoms with Gasteiger partial charge in [0.1, 0.15) is 16.8 Å². The molecule has 6 heteroatoms. The maximum atomic E-state index is 9.53. The van der Waals surface area contributed by atoms with Gasteiger partial charge < -0.3 is 10.1 Å². The second kappa shape index (κ2) is 9.50. The van der Waals surface area contributed by atoms with Crippen LogP contribution in [0.2, 0.25) is 0 Å². The van der Waals surface area contributed by atoms with Crippen LogP contribution in [0.1, 0.15) is 27.8 Å². The molecule has 3 nitrogen and oxygen atoms in total. The number of aryl methyl sites for hydroxylation is 1. The standard InChI is InChI=1S/C21H20Br2N2OS/c1-12-5-15(7-18(22)13(12)2)6-17(10-24)21(27)25-11-16-8-19(23)14(3)20(9-16)26-4/h5-9H,11H2,1-4H3,(H,25,27)/b17-6+. The number of rotatable bonds is 5. The Labute approximate surface area is 182 Å². The number of nitrogens with one attached hydrogen (secondary N) is 1. The molecule has 2 aromatic rings. The summed E-state index contributed by atoms with van der Waals surface area (Å²) < 4.78 is 7.38. The SMILES string of the molecule is COc1cc(CNC(=S)/C(C#N)=C/c2cc(C)c(C)c(Br)c2)cc(Br)c1C. The Morgan fingerprint density at radius 2 is 1.81 bits per heavy atom. The summed E-state index contributed by atoms with van der Waals surface area (Å²) in [6.07, 6.45) is 1.80. The van der Waals surface area contributed by atoms with Gasteiger partial charge in [-0.15, -0.1) is 0 Å². The first-order chi connectivity index (χ1) is 12.8. The topological polar surface area (TPSA) is 45.0 Å². The van der Waals surface area contributed by atoms with Crippen molar-refractivity contribution < 1.29 is 4.74 Å². The molecular formula is C21H20Br2N2OS. The van der Waals surface area contributed by atoms with E-state index >= 15 is 0 Å². The van der Waals surface area contributed by atoms with Crippen LogP contribution in [0.15, 0.2) is 38.8 Å². The van der Waals surface area contributed by atoms with Gasteiger partial charge in [-0.3, -0.25) is 0 Å². The van der Waals surface area contributed by atoms with Crippen molar-refractivity contribution in [3.05, 3.63) is 66.6 Å². The molecule has 0 aliphatic heterocycles. The molecule has 0 heterocycles. The predicted octanol–water partition coefficient (Wildman–Crippen LogP) is 6.17. The second-order valence-electron chi connectivity index (χ2n) is 6.20. The lowest BCUT2D eigenvalue weighted by molar-refractivity contribution is 0.410. The molecular weight excluding hydrogens is 488 g/mol. The maximum Gasteiger partial charge on any atom is 0.123 e. The highest BCUT2D eigenvalue weighted by atomic mass is 79.9. The Bertz CT molecular complexity index is 938. The summed E-state index contributed by atoms with van der Waals surface area (Å²) in [5.41, 5.74) is 5.76. The van der Waals surface area contributed by atoms with Crippen molar-refractivity contribution in [2.24, 2.45) is 0 Å². The van der Waals surface area contributed by atoms with Crippen molar-refractivity contribution in [3.63, 3.8) is 0 Å². The number of benzene rings is 2. The Hall–Kier alpha value is -1.68. The van der Waals surface area contributed by atoms with Crippen LogP contribution in [-0.2, 0) is 6.54 Å². The lowest BCUT2D eigenvalue weighted by atomic mass is 10.0. The average Bonchev–Trinajstić information content (AvgIpc) is 2.64. The zero-order chi connectivity index (χ0) is 20.1. The Morgan fingerprint density at radius 3 is 2.41 bits per heavy atom. The highest BCUT2D eigenvalue weighted by molar-refractivity contribution is 9.10. The summed E-state index contributed by atoms with van der Waals surface area (Å²) in [6, 6.07) is 10.2. The molecule has 2 rings (SSSR count). The summed E-state index contributed by atoms with van der Waals surface area (Å²) in [7, 11) is 1.65. The minimum atomic E-state index is 0.419. The normalized spacial score (nSPS) is 11.1. The van der Waals surface area contributed by atoms with Gasteiger partial charge in [-0.1, -0.05) is 50.1 Å². The van der Waals surface area contributed by atoms with Gasteiger partial charge in [0.05, 0.1) is 12.7 Å². The van der Waals surface area contributed by atoms with Crippen LogP contribution in [0.3, 0.4) is 0 Å². The van der Waals surface area contributed by atoms with E-state index in [4.69, 9.17) is 17.0 Å². The quantitative estimate of drug-likeness (QED) is 0.298. The summed E-state index contributed by atoms with van der Waals surface area (Å²) in [5, 5.41) is 12.7. The molecule has 0 saturated heterocycles. The van der Waals surface area contributed by atoms with Crippen molar-refractivity contribution in [2.75, 3.05) is 7.11 Å². The zero-order valence-corrected chi connectivity index (χ0v) is 19.6. The summed E-state index contributed by atoms with van der Waals surface area (Å²) >= 11 is 12.5. The summed E-state index contributed by atoms with van der Waals surface area (Å²) in [6.45, 7) is 6.59. The number of hydrogen-bond acceptors (Lipinski definition) is 3. The van der Waals surface area contributed by atoms with E-state index in [2.05, 4.69) is 50.2 Å². The number of hydrogen-bond donors (Lipinski definition) is 1. The Morgan fingerprint density at radius 1 is 1.15 bits per heavy atom. The Kier molecular flexibility index (Phi) is 7.60. The third-order valence-electron chi connectivity index (χ3n) is 4.33. The fourth-order valence-corrected chi connectivity index (χ4v) is 3.78. The first-order valence-corrected chi connectivity index (χ1v) is 10.3. The average molecular weight is 508 g/mol. The van der Waals surface area contributed by atoms with E-state index in [1.54, 1.807) is 13.2 Å². The van der Waals surface area contributed by atoms with Crippen LogP contribution < -0.4 is 10.1 Å². The number of ether oxygens (including phenoxy) is 1. The molecule has 140 valence electrons. The second-order valence-corrected chi connectivity index (χ2v) is 8.32. The van der Waals surface area contributed by atoms with E-state index in [-0.39, 0.29) is 0 Å². The van der Waals surface area contributed by atoms with E-state index in [1.165, 1.54) is 5.56 Å². The summed E-state index contributed by atoms with van der Waals surface area (Å²) in [5.74, 6) is 0.808. The molecule has 0 unspecified atom stereocenters. The van der Waals surface area contributed by atoms with Crippen molar-refractivity contribution >= 4 is 55.1 Å². The minimum absolute atomic E-state index is 0.419. The van der Waals surface area contributed by atoms with Crippen molar-refractivity contribution in [2.45, 2.75) is 27.3 Å². The fourth-order valence-electron chi connectivity index (χ4n) is 2.54. The van der Waals surface area contributed by atoms with E-state index in [0.717, 1.165) is 36.9 Å². The van der Waals surface area contributed by atoms with Gasteiger partial charge in [-0.2, -0.15) is 5.26 Å². The molecule has 0 amide bonds. The lowest BCUT2D eigenvalue weighted by Gasteiger charge is -2.12. The third-order valence-corrected chi connectivity index (χ3v) is 6.34. The van der Waals surface area contributed by atoms with Crippen molar-refractivity contribution in [1.29, 1.82) is 5.26 Å². The molecule has 0 bridgehead atoms. The van der Waals surface area contributed by atoms with E-state index in [9.17, 15) is 5.26 Å². The van der Waals surface area contributed by atoms with Crippen molar-refractivity contribution in [1.82, 2.24) is 5.32 Å². The summed E-state index contributed by atoms with van der Waals surface area (Å²) in [4.78, 5) is 0.419. The van der Waals surface area contributed by atoms with Crippen LogP contribution in [0.25, 0.3) is 6.08 Å². The highest BCUT2D eigenvalue weighted by Gasteiger charge is 2.09. The molecule has 27 heavy (non-hydrogen) atoms. The molecule has 0 radical (unpaired) electrons. The van der Waals surface area contributed by atoms with Gasteiger partial charge in [0.2, 0.25) is 0 Å². The fraction of sp³-hybridized carbons (Fsp3) is 0.238. The van der Waals surface area contributed by atoms with Crippen molar-refractivity contribution in [3.8, 4) is 11.8 Å². The molecule has 2 aromatic carbocycles. The lowest BCUT2D eigenvalue weighted by Crippen LogP contribution is -2.22. The first-order valence-electron chi connectivity index (χ1n) is 8.26. The van der Waals surface area contributed by atoms with Crippen LogP contribution in [0.4, 0.5) is 0 Å². The van der Waals surface area contributed by atoms with E-state index in [0.29, 0.717) is 17.1 Å². The largest absolute Gasteiger partial charge is 0.496 e. The molecule has 0 atom stereocenters. The van der Waals surface area contributed by atoms with Crippen LogP contribution in [0, 0.1) is 32.1 Å². The predicted molar refractivity (Wildman–Crippen MR) is 122 cm³/mol. The van der Waals surface area contributed by atoms with Gasteiger partial charge in [0.25, 0.3) is 0 Å². The van der Waals surface area contributed by atoms with Gasteiger partial charge >= 0.3 is 0 Å². The number of nitrogens with zero attached hydrogens (tertiary/aromatic N) is 1. The van der Waals surface area contributed by atoms with Gasteiger partial charge in [0.15, 0.2) is 0 Å². The first kappa shape index (κ1) is 21.6. The molecule has 0 aromatic heterocycles. The smallest absolute Gasteiger partial charge is 0.123 e. The van der Waals surface area contributed by atoms with Crippen LogP contribution in [0.5, 0.6) is 5.75 Å². The molecule has 0 aliphatic carbocycles. The van der Waals surface area contributed by atoms with Crippen LogP contribution in [-0.4, -0.2) is 12.1 Å². The Balaban J connectivity index is 2.19. The van der Waals surface area contributed by atoms with E-state index < -0.39 is 0 Å².